The second-order valence-electron chi connectivity index (χ2n) is 7.48. The van der Waals surface area contributed by atoms with Gasteiger partial charge < -0.3 is 5.73 Å². The van der Waals surface area contributed by atoms with Crippen molar-refractivity contribution < 1.29 is 0 Å². The van der Waals surface area contributed by atoms with Crippen molar-refractivity contribution in [2.24, 2.45) is 29.4 Å². The minimum absolute atomic E-state index is 0.426. The highest BCUT2D eigenvalue weighted by Crippen LogP contribution is 2.63. The molecule has 0 aromatic heterocycles. The number of hydrogen-bond donors (Lipinski definition) is 1. The first-order valence-corrected chi connectivity index (χ1v) is 7.98. The van der Waals surface area contributed by atoms with Crippen molar-refractivity contribution in [3.8, 4) is 0 Å². The summed E-state index contributed by atoms with van der Waals surface area (Å²) < 4.78 is 0. The van der Waals surface area contributed by atoms with Crippen LogP contribution < -0.4 is 5.73 Å². The smallest absolute Gasteiger partial charge is 0.000126 e. The van der Waals surface area contributed by atoms with Crippen LogP contribution in [-0.2, 0) is 5.41 Å². The molecule has 1 aromatic carbocycles. The normalized spacial score (nSPS) is 43.7. The van der Waals surface area contributed by atoms with E-state index in [0.717, 1.165) is 30.2 Å². The van der Waals surface area contributed by atoms with Crippen LogP contribution in [-0.4, -0.2) is 6.54 Å². The molecule has 1 aromatic rings. The van der Waals surface area contributed by atoms with Crippen LogP contribution >= 0.6 is 0 Å². The van der Waals surface area contributed by atoms with E-state index in [-0.39, 0.29) is 0 Å². The Labute approximate surface area is 116 Å². The Hall–Kier alpha value is -0.820. The molecule has 0 aliphatic heterocycles. The van der Waals surface area contributed by atoms with Gasteiger partial charge in [-0.2, -0.15) is 0 Å². The van der Waals surface area contributed by atoms with Crippen LogP contribution in [0.1, 0.15) is 43.2 Å². The zero-order valence-electron chi connectivity index (χ0n) is 11.9. The van der Waals surface area contributed by atoms with Crippen LogP contribution in [0.5, 0.6) is 0 Å². The molecular formula is C18H25N. The number of aryl methyl sites for hydroxylation is 1. The van der Waals surface area contributed by atoms with Gasteiger partial charge in [-0.1, -0.05) is 29.8 Å². The molecule has 0 radical (unpaired) electrons. The van der Waals surface area contributed by atoms with Crippen LogP contribution in [0.2, 0.25) is 0 Å². The number of rotatable bonds is 2. The van der Waals surface area contributed by atoms with Crippen molar-refractivity contribution in [2.45, 2.75) is 44.4 Å². The van der Waals surface area contributed by atoms with Crippen molar-refractivity contribution in [1.82, 2.24) is 0 Å². The molecule has 2 N–H and O–H groups in total. The zero-order chi connectivity index (χ0) is 13.0. The van der Waals surface area contributed by atoms with Gasteiger partial charge in [-0.3, -0.25) is 0 Å². The summed E-state index contributed by atoms with van der Waals surface area (Å²) in [5.41, 5.74) is 9.65. The quantitative estimate of drug-likeness (QED) is 0.857. The summed E-state index contributed by atoms with van der Waals surface area (Å²) >= 11 is 0. The lowest BCUT2D eigenvalue weighted by molar-refractivity contribution is -0.0575. The monoisotopic (exact) mass is 255 g/mol. The van der Waals surface area contributed by atoms with E-state index in [4.69, 9.17) is 5.73 Å². The van der Waals surface area contributed by atoms with Gasteiger partial charge in [0.15, 0.2) is 0 Å². The average Bonchev–Trinajstić information content (AvgIpc) is 2.38. The van der Waals surface area contributed by atoms with E-state index in [0.29, 0.717) is 5.41 Å². The van der Waals surface area contributed by atoms with E-state index >= 15 is 0 Å². The lowest BCUT2D eigenvalue weighted by Gasteiger charge is -2.61. The van der Waals surface area contributed by atoms with Gasteiger partial charge in [0.05, 0.1) is 0 Å². The van der Waals surface area contributed by atoms with Crippen molar-refractivity contribution >= 4 is 0 Å². The Balaban J connectivity index is 1.82. The first-order valence-electron chi connectivity index (χ1n) is 7.98. The van der Waals surface area contributed by atoms with Gasteiger partial charge in [-0.15, -0.1) is 0 Å². The molecule has 102 valence electrons. The van der Waals surface area contributed by atoms with Gasteiger partial charge >= 0.3 is 0 Å². The van der Waals surface area contributed by atoms with Crippen LogP contribution in [0.3, 0.4) is 0 Å². The second kappa shape index (κ2) is 4.09. The molecule has 4 saturated carbocycles. The minimum atomic E-state index is 0.426. The van der Waals surface area contributed by atoms with Crippen molar-refractivity contribution in [3.05, 3.63) is 35.4 Å². The molecule has 0 amide bonds. The third-order valence-electron chi connectivity index (χ3n) is 6.37. The molecule has 4 aliphatic carbocycles. The van der Waals surface area contributed by atoms with Crippen LogP contribution in [0.25, 0.3) is 0 Å². The highest BCUT2D eigenvalue weighted by Gasteiger charge is 2.56. The highest BCUT2D eigenvalue weighted by molar-refractivity contribution is 5.34. The maximum absolute atomic E-state index is 6.21. The maximum atomic E-state index is 6.21. The summed E-state index contributed by atoms with van der Waals surface area (Å²) in [5.74, 6) is 3.63. The molecule has 1 nitrogen and oxygen atoms in total. The van der Waals surface area contributed by atoms with Crippen molar-refractivity contribution in [3.63, 3.8) is 0 Å². The first-order chi connectivity index (χ1) is 9.21. The van der Waals surface area contributed by atoms with E-state index in [1.54, 1.807) is 5.56 Å². The van der Waals surface area contributed by atoms with E-state index in [1.165, 1.54) is 37.7 Å². The van der Waals surface area contributed by atoms with Crippen molar-refractivity contribution in [1.29, 1.82) is 0 Å². The molecule has 3 unspecified atom stereocenters. The number of nitrogens with two attached hydrogens (primary N) is 1. The lowest BCUT2D eigenvalue weighted by atomic mass is 9.43. The summed E-state index contributed by atoms with van der Waals surface area (Å²) in [6, 6.07) is 9.29. The maximum Gasteiger partial charge on any atom is 0.000126 e. The molecule has 0 heterocycles. The summed E-state index contributed by atoms with van der Waals surface area (Å²) in [6.45, 7) is 3.11. The third kappa shape index (κ3) is 1.64. The highest BCUT2D eigenvalue weighted by atomic mass is 14.7. The SMILES string of the molecule is Cc1cccc(C23CC4CC(CC(C4)C2CN)C3)c1. The Bertz CT molecular complexity index is 478. The van der Waals surface area contributed by atoms with Gasteiger partial charge in [0.2, 0.25) is 0 Å². The summed E-state index contributed by atoms with van der Waals surface area (Å²) in [6.07, 6.45) is 7.25. The van der Waals surface area contributed by atoms with Crippen LogP contribution in [0.15, 0.2) is 24.3 Å². The largest absolute Gasteiger partial charge is 0.330 e. The topological polar surface area (TPSA) is 26.0 Å². The zero-order valence-corrected chi connectivity index (χ0v) is 11.9. The molecule has 4 bridgehead atoms. The average molecular weight is 255 g/mol. The summed E-state index contributed by atoms with van der Waals surface area (Å²) in [4.78, 5) is 0. The minimum Gasteiger partial charge on any atom is -0.330 e. The van der Waals surface area contributed by atoms with Gasteiger partial charge in [-0.05, 0) is 74.8 Å². The Morgan fingerprint density at radius 2 is 1.89 bits per heavy atom. The molecule has 0 saturated heterocycles. The van der Waals surface area contributed by atoms with Crippen molar-refractivity contribution in [2.75, 3.05) is 6.54 Å². The fraction of sp³-hybridized carbons (Fsp3) is 0.667. The number of benzene rings is 1. The molecule has 4 aliphatic rings. The van der Waals surface area contributed by atoms with E-state index in [2.05, 4.69) is 31.2 Å². The Morgan fingerprint density at radius 3 is 2.53 bits per heavy atom. The standard InChI is InChI=1S/C18H25N/c1-12-3-2-4-16(5-12)18-9-13-6-14(10-18)8-15(7-13)17(18)11-19/h2-5,13-15,17H,6-11,19H2,1H3. The fourth-order valence-electron chi connectivity index (χ4n) is 5.97. The molecule has 1 heteroatoms. The lowest BCUT2D eigenvalue weighted by Crippen LogP contribution is -2.57. The molecule has 0 spiro atoms. The van der Waals surface area contributed by atoms with Gasteiger partial charge in [-0.25, -0.2) is 0 Å². The molecular weight excluding hydrogens is 230 g/mol. The summed E-state index contributed by atoms with van der Waals surface area (Å²) in [5, 5.41) is 0. The first kappa shape index (κ1) is 12.0. The molecule has 3 atom stereocenters. The predicted octanol–water partition coefficient (Wildman–Crippen LogP) is 3.65. The Kier molecular flexibility index (Phi) is 2.57. The van der Waals surface area contributed by atoms with E-state index in [1.807, 2.05) is 0 Å². The predicted molar refractivity (Wildman–Crippen MR) is 79.0 cm³/mol. The van der Waals surface area contributed by atoms with Gasteiger partial charge in [0.1, 0.15) is 0 Å². The second-order valence-corrected chi connectivity index (χ2v) is 7.48. The third-order valence-corrected chi connectivity index (χ3v) is 6.37. The van der Waals surface area contributed by atoms with Crippen LogP contribution in [0, 0.1) is 30.6 Å². The molecule has 19 heavy (non-hydrogen) atoms. The van der Waals surface area contributed by atoms with Gasteiger partial charge in [0, 0.05) is 5.41 Å². The number of hydrogen-bond acceptors (Lipinski definition) is 1. The van der Waals surface area contributed by atoms with Gasteiger partial charge in [0.25, 0.3) is 0 Å². The fourth-order valence-corrected chi connectivity index (χ4v) is 5.97. The molecule has 5 rings (SSSR count). The Morgan fingerprint density at radius 1 is 1.16 bits per heavy atom. The van der Waals surface area contributed by atoms with Crippen LogP contribution in [0.4, 0.5) is 0 Å². The van der Waals surface area contributed by atoms with E-state index in [9.17, 15) is 0 Å². The molecule has 4 fully saturated rings. The van der Waals surface area contributed by atoms with E-state index < -0.39 is 0 Å². The summed E-state index contributed by atoms with van der Waals surface area (Å²) in [7, 11) is 0.